The maximum atomic E-state index is 6.13. The second kappa shape index (κ2) is 7.40. The number of ether oxygens (including phenoxy) is 1. The molecule has 25 heavy (non-hydrogen) atoms. The van der Waals surface area contributed by atoms with Crippen LogP contribution < -0.4 is 4.74 Å². The van der Waals surface area contributed by atoms with Crippen molar-refractivity contribution in [2.24, 2.45) is 0 Å². The summed E-state index contributed by atoms with van der Waals surface area (Å²) in [7, 11) is 1.68. The van der Waals surface area contributed by atoms with Gasteiger partial charge in [0.2, 0.25) is 0 Å². The number of hydrogen-bond acceptors (Lipinski definition) is 5. The maximum absolute atomic E-state index is 6.13. The summed E-state index contributed by atoms with van der Waals surface area (Å²) in [4.78, 5) is 1.32. The van der Waals surface area contributed by atoms with Crippen molar-refractivity contribution < 1.29 is 4.74 Å². The number of methoxy groups -OCH3 is 1. The monoisotopic (exact) mass is 391 g/mol. The number of rotatable bonds is 7. The zero-order valence-electron chi connectivity index (χ0n) is 13.8. The molecule has 0 saturated heterocycles. The number of halogens is 1. The minimum atomic E-state index is 0.550. The van der Waals surface area contributed by atoms with Crippen LogP contribution in [-0.2, 0) is 12.2 Å². The van der Waals surface area contributed by atoms with Crippen molar-refractivity contribution >= 4 is 34.7 Å². The molecule has 1 saturated carbocycles. The van der Waals surface area contributed by atoms with E-state index in [-0.39, 0.29) is 0 Å². The van der Waals surface area contributed by atoms with Crippen LogP contribution in [0.5, 0.6) is 5.75 Å². The van der Waals surface area contributed by atoms with Gasteiger partial charge in [-0.2, -0.15) is 0 Å². The van der Waals surface area contributed by atoms with Gasteiger partial charge >= 0.3 is 0 Å². The van der Waals surface area contributed by atoms with E-state index in [0.717, 1.165) is 39.5 Å². The molecule has 0 spiro atoms. The van der Waals surface area contributed by atoms with Crippen molar-refractivity contribution in [3.8, 4) is 5.75 Å². The molecular weight excluding hydrogens is 374 g/mol. The smallest absolute Gasteiger partial charge is 0.191 e. The number of aromatic nitrogens is 3. The highest BCUT2D eigenvalue weighted by atomic mass is 35.5. The highest BCUT2D eigenvalue weighted by molar-refractivity contribution is 7.98. The van der Waals surface area contributed by atoms with E-state index in [9.17, 15) is 0 Å². The molecule has 0 radical (unpaired) electrons. The molecule has 1 fully saturated rings. The van der Waals surface area contributed by atoms with E-state index >= 15 is 0 Å². The fourth-order valence-electron chi connectivity index (χ4n) is 2.80. The first-order valence-electron chi connectivity index (χ1n) is 8.16. The molecule has 0 amide bonds. The first-order chi connectivity index (χ1) is 12.2. The number of thioether (sulfide) groups is 1. The number of benzene rings is 1. The summed E-state index contributed by atoms with van der Waals surface area (Å²) in [6.45, 7) is 0. The lowest BCUT2D eigenvalue weighted by Crippen LogP contribution is -2.03. The van der Waals surface area contributed by atoms with Crippen molar-refractivity contribution in [3.05, 3.63) is 57.0 Å². The van der Waals surface area contributed by atoms with Crippen LogP contribution in [0.4, 0.5) is 0 Å². The molecule has 1 aliphatic carbocycles. The van der Waals surface area contributed by atoms with E-state index in [1.807, 2.05) is 18.2 Å². The van der Waals surface area contributed by atoms with E-state index in [0.29, 0.717) is 6.04 Å². The zero-order chi connectivity index (χ0) is 17.2. The van der Waals surface area contributed by atoms with Crippen LogP contribution in [0.15, 0.2) is 40.9 Å². The van der Waals surface area contributed by atoms with E-state index in [4.69, 9.17) is 16.3 Å². The topological polar surface area (TPSA) is 39.9 Å². The third kappa shape index (κ3) is 3.86. The Labute approximate surface area is 160 Å². The van der Waals surface area contributed by atoms with Crippen LogP contribution in [0.1, 0.15) is 35.1 Å². The molecule has 130 valence electrons. The number of thiophene rings is 1. The van der Waals surface area contributed by atoms with Crippen molar-refractivity contribution in [1.29, 1.82) is 0 Å². The van der Waals surface area contributed by atoms with Crippen molar-refractivity contribution in [2.45, 2.75) is 36.2 Å². The summed E-state index contributed by atoms with van der Waals surface area (Å²) in [6, 6.07) is 10.5. The number of hydrogen-bond donors (Lipinski definition) is 0. The molecule has 0 aliphatic heterocycles. The molecule has 0 N–H and O–H groups in total. The van der Waals surface area contributed by atoms with Gasteiger partial charge in [0.15, 0.2) is 5.16 Å². The Balaban J connectivity index is 1.55. The molecule has 2 aromatic heterocycles. The fraction of sp³-hybridized carbons (Fsp3) is 0.333. The van der Waals surface area contributed by atoms with Gasteiger partial charge in [0.1, 0.15) is 11.6 Å². The van der Waals surface area contributed by atoms with Gasteiger partial charge in [-0.3, -0.25) is 0 Å². The molecule has 1 aliphatic rings. The van der Waals surface area contributed by atoms with Gasteiger partial charge in [-0.15, -0.1) is 21.5 Å². The predicted octanol–water partition coefficient (Wildman–Crippen LogP) is 5.22. The van der Waals surface area contributed by atoms with Crippen LogP contribution in [0.3, 0.4) is 0 Å². The fourth-order valence-corrected chi connectivity index (χ4v) is 4.70. The summed E-state index contributed by atoms with van der Waals surface area (Å²) in [5.74, 6) is 2.67. The van der Waals surface area contributed by atoms with Gasteiger partial charge < -0.3 is 9.30 Å². The molecule has 2 heterocycles. The highest BCUT2D eigenvalue weighted by Crippen LogP contribution is 2.40. The third-order valence-corrected chi connectivity index (χ3v) is 6.26. The molecule has 0 bridgehead atoms. The van der Waals surface area contributed by atoms with Crippen molar-refractivity contribution in [1.82, 2.24) is 14.8 Å². The average Bonchev–Trinajstić information content (AvgIpc) is 3.17. The third-order valence-electron chi connectivity index (χ3n) is 4.16. The molecule has 0 unspecified atom stereocenters. The van der Waals surface area contributed by atoms with E-state index in [2.05, 4.69) is 32.3 Å². The summed E-state index contributed by atoms with van der Waals surface area (Å²) in [6.07, 6.45) is 3.27. The largest absolute Gasteiger partial charge is 0.496 e. The quantitative estimate of drug-likeness (QED) is 0.517. The average molecular weight is 392 g/mol. The lowest BCUT2D eigenvalue weighted by Gasteiger charge is -2.10. The summed E-state index contributed by atoms with van der Waals surface area (Å²) in [5, 5.41) is 12.7. The van der Waals surface area contributed by atoms with Gasteiger partial charge in [-0.25, -0.2) is 0 Å². The van der Waals surface area contributed by atoms with E-state index < -0.39 is 0 Å². The van der Waals surface area contributed by atoms with E-state index in [1.165, 1.54) is 17.7 Å². The zero-order valence-corrected chi connectivity index (χ0v) is 16.2. The molecule has 4 nitrogen and oxygen atoms in total. The highest BCUT2D eigenvalue weighted by Gasteiger charge is 2.29. The lowest BCUT2D eigenvalue weighted by molar-refractivity contribution is 0.411. The summed E-state index contributed by atoms with van der Waals surface area (Å²) in [5.41, 5.74) is 1.07. The van der Waals surface area contributed by atoms with Gasteiger partial charge in [0, 0.05) is 33.7 Å². The SMILES string of the molecule is COc1ccc(Cl)cc1CSc1nnc(Cc2cccs2)n1C1CC1. The minimum Gasteiger partial charge on any atom is -0.496 e. The second-order valence-electron chi connectivity index (χ2n) is 6.00. The Morgan fingerprint density at radius 1 is 1.32 bits per heavy atom. The van der Waals surface area contributed by atoms with Gasteiger partial charge in [0.25, 0.3) is 0 Å². The van der Waals surface area contributed by atoms with Crippen molar-refractivity contribution in [2.75, 3.05) is 7.11 Å². The van der Waals surface area contributed by atoms with Crippen molar-refractivity contribution in [3.63, 3.8) is 0 Å². The maximum Gasteiger partial charge on any atom is 0.191 e. The van der Waals surface area contributed by atoms with Gasteiger partial charge in [0.05, 0.1) is 7.11 Å². The Bertz CT molecular complexity index is 859. The minimum absolute atomic E-state index is 0.550. The summed E-state index contributed by atoms with van der Waals surface area (Å²) >= 11 is 9.59. The first kappa shape index (κ1) is 16.9. The van der Waals surface area contributed by atoms with E-state index in [1.54, 1.807) is 30.2 Å². The van der Waals surface area contributed by atoms with Crippen LogP contribution in [0.25, 0.3) is 0 Å². The Hall–Kier alpha value is -1.50. The number of nitrogens with zero attached hydrogens (tertiary/aromatic N) is 3. The Kier molecular flexibility index (Phi) is 5.01. The second-order valence-corrected chi connectivity index (χ2v) is 8.41. The Morgan fingerprint density at radius 2 is 2.20 bits per heavy atom. The van der Waals surface area contributed by atoms with Gasteiger partial charge in [-0.05, 0) is 42.5 Å². The molecule has 1 aromatic carbocycles. The van der Waals surface area contributed by atoms with Gasteiger partial charge in [-0.1, -0.05) is 29.4 Å². The molecule has 3 aromatic rings. The predicted molar refractivity (Wildman–Crippen MR) is 103 cm³/mol. The molecular formula is C18H18ClN3OS2. The normalized spacial score (nSPS) is 14.0. The van der Waals surface area contributed by atoms with Crippen LogP contribution in [-0.4, -0.2) is 21.9 Å². The lowest BCUT2D eigenvalue weighted by atomic mass is 10.2. The first-order valence-corrected chi connectivity index (χ1v) is 10.4. The molecule has 0 atom stereocenters. The van der Waals surface area contributed by atoms with Crippen LogP contribution in [0.2, 0.25) is 5.02 Å². The molecule has 4 rings (SSSR count). The van der Waals surface area contributed by atoms with Crippen LogP contribution in [0, 0.1) is 0 Å². The standard InChI is InChI=1S/C18H18ClN3OS2/c1-23-16-7-4-13(19)9-12(16)11-25-18-21-20-17(22(18)14-5-6-14)10-15-3-2-8-24-15/h2-4,7-9,14H,5-6,10-11H2,1H3. The molecule has 7 heteroatoms. The Morgan fingerprint density at radius 3 is 2.92 bits per heavy atom. The van der Waals surface area contributed by atoms with Crippen LogP contribution >= 0.6 is 34.7 Å². The summed E-state index contributed by atoms with van der Waals surface area (Å²) < 4.78 is 7.76.